The van der Waals surface area contributed by atoms with Gasteiger partial charge in [0.25, 0.3) is 5.95 Å². The van der Waals surface area contributed by atoms with Crippen LogP contribution in [-0.2, 0) is 4.79 Å². The fourth-order valence-corrected chi connectivity index (χ4v) is 4.56. The zero-order valence-corrected chi connectivity index (χ0v) is 19.0. The highest BCUT2D eigenvalue weighted by Gasteiger charge is 2.34. The fraction of sp³-hybridized carbons (Fsp3) is 0.174. The van der Waals surface area contributed by atoms with E-state index in [0.717, 1.165) is 32.6 Å². The minimum absolute atomic E-state index is 0.0846. The average Bonchev–Trinajstić information content (AvgIpc) is 3.15. The van der Waals surface area contributed by atoms with Crippen LogP contribution in [0.1, 0.15) is 29.2 Å². The van der Waals surface area contributed by atoms with Gasteiger partial charge in [-0.3, -0.25) is 4.79 Å². The van der Waals surface area contributed by atoms with Gasteiger partial charge in [0.1, 0.15) is 11.6 Å². The van der Waals surface area contributed by atoms with Crippen molar-refractivity contribution in [1.82, 2.24) is 25.0 Å². The fourth-order valence-electron chi connectivity index (χ4n) is 4.00. The van der Waals surface area contributed by atoms with Gasteiger partial charge in [0, 0.05) is 27.9 Å². The number of carbonyl (C=O) groups is 1. The van der Waals surface area contributed by atoms with E-state index in [4.69, 9.17) is 4.74 Å². The van der Waals surface area contributed by atoms with E-state index in [1.54, 1.807) is 18.0 Å². The maximum atomic E-state index is 12.6. The molecular weight excluding hydrogens is 472 g/mol. The molecule has 0 saturated carbocycles. The van der Waals surface area contributed by atoms with Crippen LogP contribution in [-0.4, -0.2) is 38.0 Å². The molecule has 3 heterocycles. The molecular formula is C23H19BrN6O2. The summed E-state index contributed by atoms with van der Waals surface area (Å²) in [5.74, 6) is 1.41. The molecule has 1 aliphatic heterocycles. The van der Waals surface area contributed by atoms with Crippen LogP contribution in [0.2, 0.25) is 0 Å². The lowest BCUT2D eigenvalue weighted by molar-refractivity contribution is -0.116. The molecule has 0 saturated heterocycles. The highest BCUT2D eigenvalue weighted by Crippen LogP contribution is 2.42. The van der Waals surface area contributed by atoms with Gasteiger partial charge >= 0.3 is 0 Å². The van der Waals surface area contributed by atoms with Crippen molar-refractivity contribution in [2.24, 2.45) is 0 Å². The number of aryl methyl sites for hydroxylation is 1. The number of ether oxygens (including phenoxy) is 1. The van der Waals surface area contributed by atoms with Gasteiger partial charge in [-0.15, -0.1) is 5.10 Å². The summed E-state index contributed by atoms with van der Waals surface area (Å²) in [4.78, 5) is 17.3. The lowest BCUT2D eigenvalue weighted by atomic mass is 9.86. The van der Waals surface area contributed by atoms with Crippen LogP contribution < -0.4 is 10.1 Å². The molecule has 1 amide bonds. The summed E-state index contributed by atoms with van der Waals surface area (Å²) < 4.78 is 7.74. The van der Waals surface area contributed by atoms with E-state index in [-0.39, 0.29) is 17.8 Å². The Balaban J connectivity index is 1.60. The van der Waals surface area contributed by atoms with Gasteiger partial charge in [-0.2, -0.15) is 14.9 Å². The second-order valence-corrected chi connectivity index (χ2v) is 8.31. The van der Waals surface area contributed by atoms with E-state index in [2.05, 4.69) is 41.5 Å². The normalized spacial score (nSPS) is 15.2. The summed E-state index contributed by atoms with van der Waals surface area (Å²) in [6.45, 7) is 1.93. The summed E-state index contributed by atoms with van der Waals surface area (Å²) in [7, 11) is 1.62. The van der Waals surface area contributed by atoms with Gasteiger partial charge in [0.2, 0.25) is 5.91 Å². The number of nitrogens with zero attached hydrogens (tertiary/aromatic N) is 5. The van der Waals surface area contributed by atoms with Gasteiger partial charge in [-0.25, -0.2) is 4.98 Å². The summed E-state index contributed by atoms with van der Waals surface area (Å²) in [5, 5.41) is 15.9. The van der Waals surface area contributed by atoms with Crippen LogP contribution in [0.4, 0.5) is 5.82 Å². The van der Waals surface area contributed by atoms with Crippen LogP contribution in [0, 0.1) is 6.92 Å². The second-order valence-electron chi connectivity index (χ2n) is 7.46. The summed E-state index contributed by atoms with van der Waals surface area (Å²) in [6.07, 6.45) is 1.93. The molecule has 0 bridgehead atoms. The number of benzene rings is 2. The Labute approximate surface area is 192 Å². The van der Waals surface area contributed by atoms with Crippen molar-refractivity contribution in [1.29, 1.82) is 0 Å². The van der Waals surface area contributed by atoms with E-state index >= 15 is 0 Å². The van der Waals surface area contributed by atoms with Gasteiger partial charge < -0.3 is 10.1 Å². The SMILES string of the molecule is COc1ccc(-c2cnnc(-n3nc(C)c4c3NC(=O)C[C@@H]4c3ccccc3Br)n2)cc1. The second kappa shape index (κ2) is 8.16. The molecule has 0 spiro atoms. The van der Waals surface area contributed by atoms with Crippen LogP contribution in [0.3, 0.4) is 0 Å². The Morgan fingerprint density at radius 3 is 2.69 bits per heavy atom. The standard InChI is InChI=1S/C23H19BrN6O2/c1-13-21-17(16-5-3-4-6-18(16)24)11-20(31)27-22(21)30(29-13)23-26-19(12-25-28-23)14-7-9-15(32-2)10-8-14/h3-10,12,17H,11H2,1-2H3,(H,27,31)/t17-/m1/s1. The average molecular weight is 491 g/mol. The number of nitrogens with one attached hydrogen (secondary N) is 1. The highest BCUT2D eigenvalue weighted by atomic mass is 79.9. The Kier molecular flexibility index (Phi) is 5.18. The van der Waals surface area contributed by atoms with Crippen LogP contribution in [0.25, 0.3) is 17.2 Å². The number of methoxy groups -OCH3 is 1. The van der Waals surface area contributed by atoms with Crippen molar-refractivity contribution in [3.63, 3.8) is 0 Å². The van der Waals surface area contributed by atoms with Crippen molar-refractivity contribution >= 4 is 27.7 Å². The molecule has 0 fully saturated rings. The summed E-state index contributed by atoms with van der Waals surface area (Å²) >= 11 is 3.62. The smallest absolute Gasteiger partial charge is 0.272 e. The van der Waals surface area contributed by atoms with E-state index in [1.165, 1.54) is 0 Å². The van der Waals surface area contributed by atoms with Gasteiger partial charge in [0.15, 0.2) is 0 Å². The lowest BCUT2D eigenvalue weighted by Crippen LogP contribution is -2.25. The van der Waals surface area contributed by atoms with Crippen LogP contribution >= 0.6 is 15.9 Å². The first kappa shape index (κ1) is 20.3. The largest absolute Gasteiger partial charge is 0.497 e. The first-order valence-corrected chi connectivity index (χ1v) is 10.8. The zero-order chi connectivity index (χ0) is 22.2. The number of rotatable bonds is 4. The number of fused-ring (bicyclic) bond motifs is 1. The number of carbonyl (C=O) groups excluding carboxylic acids is 1. The van der Waals surface area contributed by atoms with Crippen molar-refractivity contribution in [2.75, 3.05) is 12.4 Å². The van der Waals surface area contributed by atoms with Crippen molar-refractivity contribution < 1.29 is 9.53 Å². The molecule has 32 heavy (non-hydrogen) atoms. The summed E-state index contributed by atoms with van der Waals surface area (Å²) in [5.41, 5.74) is 4.31. The Bertz CT molecular complexity index is 1320. The zero-order valence-electron chi connectivity index (χ0n) is 17.4. The van der Waals surface area contributed by atoms with Gasteiger partial charge in [0.05, 0.1) is 24.7 Å². The maximum Gasteiger partial charge on any atom is 0.272 e. The molecule has 5 rings (SSSR count). The molecule has 2 aromatic carbocycles. The molecule has 0 unspecified atom stereocenters. The molecule has 1 atom stereocenters. The number of anilines is 1. The van der Waals surface area contributed by atoms with E-state index in [9.17, 15) is 4.79 Å². The first-order chi connectivity index (χ1) is 15.5. The topological polar surface area (TPSA) is 94.8 Å². The predicted octanol–water partition coefficient (Wildman–Crippen LogP) is 4.28. The van der Waals surface area contributed by atoms with Crippen molar-refractivity contribution in [3.8, 4) is 23.0 Å². The minimum atomic E-state index is -0.124. The maximum absolute atomic E-state index is 12.6. The number of hydrogen-bond acceptors (Lipinski definition) is 6. The molecule has 160 valence electrons. The van der Waals surface area contributed by atoms with Crippen LogP contribution in [0.5, 0.6) is 5.75 Å². The van der Waals surface area contributed by atoms with Crippen molar-refractivity contribution in [2.45, 2.75) is 19.3 Å². The quantitative estimate of drug-likeness (QED) is 0.458. The van der Waals surface area contributed by atoms with E-state index in [0.29, 0.717) is 17.9 Å². The molecule has 8 nitrogen and oxygen atoms in total. The monoisotopic (exact) mass is 490 g/mol. The van der Waals surface area contributed by atoms with Gasteiger partial charge in [-0.1, -0.05) is 34.1 Å². The van der Waals surface area contributed by atoms with E-state index < -0.39 is 0 Å². The Hall–Kier alpha value is -3.59. The summed E-state index contributed by atoms with van der Waals surface area (Å²) in [6, 6.07) is 15.5. The minimum Gasteiger partial charge on any atom is -0.497 e. The third-order valence-electron chi connectivity index (χ3n) is 5.51. The highest BCUT2D eigenvalue weighted by molar-refractivity contribution is 9.10. The molecule has 0 aliphatic carbocycles. The number of amides is 1. The molecule has 0 radical (unpaired) electrons. The molecule has 1 N–H and O–H groups in total. The van der Waals surface area contributed by atoms with Crippen LogP contribution in [0.15, 0.2) is 59.2 Å². The molecule has 4 aromatic rings. The van der Waals surface area contributed by atoms with Crippen molar-refractivity contribution in [3.05, 3.63) is 76.0 Å². The molecule has 2 aromatic heterocycles. The lowest BCUT2D eigenvalue weighted by Gasteiger charge is -2.24. The Morgan fingerprint density at radius 1 is 1.16 bits per heavy atom. The molecule has 1 aliphatic rings. The van der Waals surface area contributed by atoms with E-state index in [1.807, 2.05) is 55.5 Å². The molecule has 9 heteroatoms. The number of hydrogen-bond donors (Lipinski definition) is 1. The predicted molar refractivity (Wildman–Crippen MR) is 123 cm³/mol. The third-order valence-corrected chi connectivity index (χ3v) is 6.23. The third kappa shape index (κ3) is 3.54. The number of halogens is 1. The Morgan fingerprint density at radius 2 is 1.94 bits per heavy atom. The number of aromatic nitrogens is 5. The first-order valence-electron chi connectivity index (χ1n) is 10.0. The van der Waals surface area contributed by atoms with Gasteiger partial charge in [-0.05, 0) is 42.8 Å².